The highest BCUT2D eigenvalue weighted by Gasteiger charge is 2.45. The summed E-state index contributed by atoms with van der Waals surface area (Å²) < 4.78 is 20.3. The second kappa shape index (κ2) is 10.2. The number of halogens is 1. The molecule has 4 aromatic rings. The molecular formula is C31H29FN4O5S. The first-order chi connectivity index (χ1) is 19.9. The number of pyridine rings is 1. The molecule has 1 fully saturated rings. The van der Waals surface area contributed by atoms with Crippen molar-refractivity contribution >= 4 is 44.3 Å². The van der Waals surface area contributed by atoms with E-state index in [0.717, 1.165) is 17.5 Å². The molecule has 4 N–H and O–H groups in total. The maximum atomic E-state index is 13.7. The number of benzene rings is 2. The molecule has 1 aliphatic heterocycles. The van der Waals surface area contributed by atoms with Crippen molar-refractivity contribution in [2.75, 3.05) is 11.9 Å². The van der Waals surface area contributed by atoms with Crippen LogP contribution in [0, 0.1) is 11.7 Å². The van der Waals surface area contributed by atoms with Gasteiger partial charge in [-0.3, -0.25) is 14.4 Å². The van der Waals surface area contributed by atoms with Crippen molar-refractivity contribution in [3.8, 4) is 17.0 Å². The van der Waals surface area contributed by atoms with E-state index in [1.807, 2.05) is 0 Å². The van der Waals surface area contributed by atoms with Gasteiger partial charge in [0, 0.05) is 29.0 Å². The fraction of sp³-hybridized carbons (Fsp3) is 0.323. The van der Waals surface area contributed by atoms with Gasteiger partial charge < -0.3 is 20.9 Å². The highest BCUT2D eigenvalue weighted by molar-refractivity contribution is 7.22. The Morgan fingerprint density at radius 1 is 1.17 bits per heavy atom. The number of ether oxygens (including phenoxy) is 1. The van der Waals surface area contributed by atoms with Crippen LogP contribution in [0.15, 0.2) is 48.5 Å². The first kappa shape index (κ1) is 27.9. The Balaban J connectivity index is 1.25. The predicted molar refractivity (Wildman–Crippen MR) is 156 cm³/mol. The second-order valence-corrected chi connectivity index (χ2v) is 12.4. The van der Waals surface area contributed by atoms with E-state index in [2.05, 4.69) is 15.3 Å². The molecule has 9 nitrogen and oxygen atoms in total. The number of amides is 2. The number of rotatable bonds is 9. The van der Waals surface area contributed by atoms with Crippen LogP contribution in [0.5, 0.6) is 5.75 Å². The number of fused-ring (bicyclic) bond motifs is 2. The van der Waals surface area contributed by atoms with Crippen LogP contribution in [-0.4, -0.2) is 39.3 Å². The molecule has 216 valence electrons. The molecule has 2 atom stereocenters. The molecule has 0 radical (unpaired) electrons. The molecule has 2 amide bonds. The number of thiazole rings is 1. The van der Waals surface area contributed by atoms with Crippen LogP contribution in [-0.2, 0) is 20.6 Å². The van der Waals surface area contributed by atoms with Crippen LogP contribution in [0.2, 0.25) is 0 Å². The largest absolute Gasteiger partial charge is 0.489 e. The van der Waals surface area contributed by atoms with Gasteiger partial charge in [0.05, 0.1) is 15.9 Å². The van der Waals surface area contributed by atoms with Gasteiger partial charge in [-0.25, -0.2) is 14.4 Å². The summed E-state index contributed by atoms with van der Waals surface area (Å²) in [5.41, 5.74) is 5.77. The summed E-state index contributed by atoms with van der Waals surface area (Å²) in [6.45, 7) is 3.22. The molecule has 2 aliphatic rings. The van der Waals surface area contributed by atoms with Gasteiger partial charge >= 0.3 is 0 Å². The van der Waals surface area contributed by atoms with Crippen molar-refractivity contribution in [3.63, 3.8) is 0 Å². The number of ketones is 1. The van der Waals surface area contributed by atoms with Crippen molar-refractivity contribution in [2.24, 2.45) is 11.7 Å². The number of hydrogen-bond acceptors (Lipinski definition) is 8. The zero-order valence-corrected chi connectivity index (χ0v) is 23.9. The molecule has 11 heteroatoms. The topological polar surface area (TPSA) is 144 Å². The van der Waals surface area contributed by atoms with E-state index in [1.54, 1.807) is 50.2 Å². The van der Waals surface area contributed by atoms with E-state index < -0.39 is 22.7 Å². The molecule has 0 spiro atoms. The molecule has 42 heavy (non-hydrogen) atoms. The fourth-order valence-corrected chi connectivity index (χ4v) is 5.91. The minimum absolute atomic E-state index is 0.00363. The summed E-state index contributed by atoms with van der Waals surface area (Å²) in [6.07, 6.45) is 1.84. The zero-order valence-electron chi connectivity index (χ0n) is 23.1. The van der Waals surface area contributed by atoms with Gasteiger partial charge in [-0.1, -0.05) is 11.3 Å². The number of aliphatic hydroxyl groups is 1. The van der Waals surface area contributed by atoms with Crippen molar-refractivity contribution in [1.82, 2.24) is 9.97 Å². The second-order valence-electron chi connectivity index (χ2n) is 11.4. The average molecular weight is 589 g/mol. The van der Waals surface area contributed by atoms with E-state index in [9.17, 15) is 23.9 Å². The van der Waals surface area contributed by atoms with Crippen LogP contribution in [0.3, 0.4) is 0 Å². The van der Waals surface area contributed by atoms with Gasteiger partial charge in [0.15, 0.2) is 10.9 Å². The van der Waals surface area contributed by atoms with Gasteiger partial charge in [0.2, 0.25) is 11.8 Å². The average Bonchev–Trinajstić information content (AvgIpc) is 3.66. The Hall–Kier alpha value is -4.22. The Morgan fingerprint density at radius 3 is 2.60 bits per heavy atom. The number of Topliss-reactive ketones (excluding diaryl/α,β-unsaturated/α-hetero) is 1. The summed E-state index contributed by atoms with van der Waals surface area (Å²) in [5.74, 6) is -0.810. The maximum absolute atomic E-state index is 13.7. The quantitative estimate of drug-likeness (QED) is 0.237. The van der Waals surface area contributed by atoms with Gasteiger partial charge in [-0.15, -0.1) is 0 Å². The first-order valence-electron chi connectivity index (χ1n) is 13.7. The molecular weight excluding hydrogens is 559 g/mol. The SMILES string of the molecule is C[C@](O)(CCC(=O)c1ccc2nc(NC(=O)C3CC3)sc2c1)c1cc2c(c(-c3ccc(F)cc3)n1)OC[C@]2(C)C(N)=O. The zero-order chi connectivity index (χ0) is 29.8. The number of aromatic nitrogens is 2. The standard InChI is InChI=1S/C31H29FN4O5S/c1-30(28(33)39)15-41-26-20(30)14-24(35-25(26)16-5-8-19(32)9-6-16)31(2,40)12-11-22(37)18-7-10-21-23(13-18)42-29(34-21)36-27(38)17-3-4-17/h5-10,13-14,17,40H,3-4,11-12,15H2,1-2H3,(H2,33,39)(H,34,36,38)/t30-,31-/m0/s1. The van der Waals surface area contributed by atoms with Crippen LogP contribution >= 0.6 is 11.3 Å². The first-order valence-corrected chi connectivity index (χ1v) is 14.5. The van der Waals surface area contributed by atoms with Crippen LogP contribution in [0.4, 0.5) is 9.52 Å². The normalized spacial score (nSPS) is 19.1. The molecule has 0 unspecified atom stereocenters. The minimum Gasteiger partial charge on any atom is -0.489 e. The highest BCUT2D eigenvalue weighted by atomic mass is 32.1. The third-order valence-corrected chi connectivity index (χ3v) is 8.95. The maximum Gasteiger partial charge on any atom is 0.231 e. The van der Waals surface area contributed by atoms with Crippen LogP contribution in [0.25, 0.3) is 21.5 Å². The molecule has 2 aromatic heterocycles. The summed E-state index contributed by atoms with van der Waals surface area (Å²) in [5, 5.41) is 14.9. The number of nitrogens with two attached hydrogens (primary N) is 1. The third kappa shape index (κ3) is 5.14. The Kier molecular flexibility index (Phi) is 6.81. The molecule has 2 aromatic carbocycles. The van der Waals surface area contributed by atoms with Gasteiger partial charge in [0.25, 0.3) is 0 Å². The molecule has 0 bridgehead atoms. The third-order valence-electron chi connectivity index (χ3n) is 8.01. The number of carbonyl (C=O) groups is 3. The van der Waals surface area contributed by atoms with E-state index in [1.165, 1.54) is 23.5 Å². The van der Waals surface area contributed by atoms with Gasteiger partial charge in [0.1, 0.15) is 34.9 Å². The van der Waals surface area contributed by atoms with E-state index >= 15 is 0 Å². The van der Waals surface area contributed by atoms with Crippen LogP contribution in [0.1, 0.15) is 61.1 Å². The number of hydrogen-bond donors (Lipinski definition) is 3. The highest BCUT2D eigenvalue weighted by Crippen LogP contribution is 2.46. The lowest BCUT2D eigenvalue weighted by Crippen LogP contribution is -2.40. The lowest BCUT2D eigenvalue weighted by Gasteiger charge is -2.26. The molecule has 1 aliphatic carbocycles. The number of carbonyl (C=O) groups excluding carboxylic acids is 3. The monoisotopic (exact) mass is 588 g/mol. The van der Waals surface area contributed by atoms with Crippen molar-refractivity contribution in [3.05, 3.63) is 71.2 Å². The number of primary amides is 1. The molecule has 0 saturated heterocycles. The lowest BCUT2D eigenvalue weighted by atomic mass is 9.81. The molecule has 3 heterocycles. The summed E-state index contributed by atoms with van der Waals surface area (Å²) in [7, 11) is 0. The molecule has 6 rings (SSSR count). The van der Waals surface area contributed by atoms with E-state index in [-0.39, 0.29) is 42.8 Å². The Morgan fingerprint density at radius 2 is 1.90 bits per heavy atom. The van der Waals surface area contributed by atoms with E-state index in [4.69, 9.17) is 10.5 Å². The van der Waals surface area contributed by atoms with Crippen molar-refractivity contribution < 1.29 is 28.6 Å². The van der Waals surface area contributed by atoms with Gasteiger partial charge in [-0.05, 0) is 81.6 Å². The minimum atomic E-state index is -1.56. The van der Waals surface area contributed by atoms with Gasteiger partial charge in [-0.2, -0.15) is 0 Å². The fourth-order valence-electron chi connectivity index (χ4n) is 5.00. The summed E-state index contributed by atoms with van der Waals surface area (Å²) in [6, 6.07) is 12.4. The smallest absolute Gasteiger partial charge is 0.231 e. The number of nitrogens with zero attached hydrogens (tertiary/aromatic N) is 2. The summed E-state index contributed by atoms with van der Waals surface area (Å²) in [4.78, 5) is 46.9. The lowest BCUT2D eigenvalue weighted by molar-refractivity contribution is -0.123. The Labute approximate surface area is 244 Å². The number of anilines is 1. The van der Waals surface area contributed by atoms with E-state index in [0.29, 0.717) is 38.8 Å². The van der Waals surface area contributed by atoms with Crippen molar-refractivity contribution in [2.45, 2.75) is 50.5 Å². The Bertz CT molecular complexity index is 1750. The summed E-state index contributed by atoms with van der Waals surface area (Å²) >= 11 is 1.31. The predicted octanol–water partition coefficient (Wildman–Crippen LogP) is 4.85. The molecule has 1 saturated carbocycles. The van der Waals surface area contributed by atoms with Crippen molar-refractivity contribution in [1.29, 1.82) is 0 Å². The number of nitrogens with one attached hydrogen (secondary N) is 1. The van der Waals surface area contributed by atoms with Crippen LogP contribution < -0.4 is 15.8 Å².